The minimum absolute atomic E-state index is 0.0405. The number of benzene rings is 2. The summed E-state index contributed by atoms with van der Waals surface area (Å²) in [6, 6.07) is 14.3. The summed E-state index contributed by atoms with van der Waals surface area (Å²) in [5, 5.41) is 2.01. The monoisotopic (exact) mass is 601 g/mol. The molecule has 2 heterocycles. The molecule has 13 heteroatoms. The maximum Gasteiger partial charge on any atom is 0.294 e. The van der Waals surface area contributed by atoms with E-state index in [2.05, 4.69) is 35.9 Å². The zero-order valence-corrected chi connectivity index (χ0v) is 22.8. The maximum absolute atomic E-state index is 12.7. The Hall–Kier alpha value is -3.55. The number of aryl methyl sites for hydroxylation is 2. The van der Waals surface area contributed by atoms with Crippen LogP contribution >= 0.6 is 27.7 Å². The number of sulfonamides is 1. The number of thioether (sulfide) groups is 1. The van der Waals surface area contributed by atoms with Crippen LogP contribution in [-0.2, 0) is 19.6 Å². The number of anilines is 2. The van der Waals surface area contributed by atoms with Crippen LogP contribution in [0.5, 0.6) is 0 Å². The second-order valence-corrected chi connectivity index (χ2v) is 11.6. The molecular formula is C24H20BrN5O5S2. The molecular weight excluding hydrogens is 582 g/mol. The molecule has 1 saturated heterocycles. The zero-order chi connectivity index (χ0) is 26.7. The molecule has 1 aromatic heterocycles. The van der Waals surface area contributed by atoms with E-state index in [-0.39, 0.29) is 15.7 Å². The Labute approximate surface area is 225 Å². The van der Waals surface area contributed by atoms with Gasteiger partial charge in [0.15, 0.2) is 0 Å². The number of aromatic nitrogens is 2. The quantitative estimate of drug-likeness (QED) is 0.381. The largest absolute Gasteiger partial charge is 0.325 e. The molecule has 3 amide bonds. The van der Waals surface area contributed by atoms with Crippen molar-refractivity contribution in [3.63, 3.8) is 0 Å². The van der Waals surface area contributed by atoms with Crippen LogP contribution in [-0.4, -0.2) is 46.9 Å². The summed E-state index contributed by atoms with van der Waals surface area (Å²) in [4.78, 5) is 46.7. The number of halogens is 1. The van der Waals surface area contributed by atoms with Crippen molar-refractivity contribution in [2.45, 2.75) is 18.7 Å². The van der Waals surface area contributed by atoms with Crippen LogP contribution in [0.3, 0.4) is 0 Å². The lowest BCUT2D eigenvalue weighted by molar-refractivity contribution is -0.127. The highest BCUT2D eigenvalue weighted by molar-refractivity contribution is 9.10. The molecule has 0 spiro atoms. The summed E-state index contributed by atoms with van der Waals surface area (Å²) >= 11 is 4.10. The van der Waals surface area contributed by atoms with Crippen LogP contribution in [0.1, 0.15) is 17.0 Å². The Kier molecular flexibility index (Phi) is 7.76. The molecule has 0 bridgehead atoms. The number of hydrogen-bond donors (Lipinski definition) is 2. The number of carbonyl (C=O) groups is 3. The van der Waals surface area contributed by atoms with Crippen molar-refractivity contribution in [1.29, 1.82) is 0 Å². The third kappa shape index (κ3) is 6.61. The number of nitrogens with zero attached hydrogens (tertiary/aromatic N) is 3. The van der Waals surface area contributed by atoms with Crippen LogP contribution in [0, 0.1) is 13.8 Å². The van der Waals surface area contributed by atoms with Gasteiger partial charge in [0.05, 0.1) is 9.80 Å². The average Bonchev–Trinajstić information content (AvgIpc) is 3.07. The Morgan fingerprint density at radius 3 is 2.27 bits per heavy atom. The van der Waals surface area contributed by atoms with Gasteiger partial charge in [-0.25, -0.2) is 23.1 Å². The molecule has 0 saturated carbocycles. The summed E-state index contributed by atoms with van der Waals surface area (Å²) in [7, 11) is -3.96. The lowest BCUT2D eigenvalue weighted by Gasteiger charge is -2.13. The SMILES string of the molecule is Cc1cc(C)nc(NS(=O)(=O)c2ccc(NC(=O)CN3C(=O)SC(=Cc4ccc(Br)cc4)C3=O)cc2)n1. The van der Waals surface area contributed by atoms with Crippen molar-refractivity contribution < 1.29 is 22.8 Å². The van der Waals surface area contributed by atoms with Crippen LogP contribution in [0.4, 0.5) is 16.4 Å². The van der Waals surface area contributed by atoms with Crippen molar-refractivity contribution >= 4 is 72.5 Å². The molecule has 37 heavy (non-hydrogen) atoms. The molecule has 0 unspecified atom stereocenters. The van der Waals surface area contributed by atoms with E-state index in [0.29, 0.717) is 17.1 Å². The van der Waals surface area contributed by atoms with Crippen molar-refractivity contribution in [2.24, 2.45) is 0 Å². The minimum atomic E-state index is -3.96. The normalized spacial score (nSPS) is 14.8. The Morgan fingerprint density at radius 2 is 1.65 bits per heavy atom. The molecule has 0 aliphatic carbocycles. The summed E-state index contributed by atoms with van der Waals surface area (Å²) in [5.74, 6) is -1.21. The molecule has 1 aliphatic rings. The lowest BCUT2D eigenvalue weighted by Crippen LogP contribution is -2.36. The minimum Gasteiger partial charge on any atom is -0.325 e. The van der Waals surface area contributed by atoms with Gasteiger partial charge >= 0.3 is 0 Å². The molecule has 0 atom stereocenters. The molecule has 1 aliphatic heterocycles. The van der Waals surface area contributed by atoms with Crippen LogP contribution < -0.4 is 10.0 Å². The van der Waals surface area contributed by atoms with E-state index in [1.54, 1.807) is 38.1 Å². The molecule has 1 fully saturated rings. The molecule has 3 aromatic rings. The number of amides is 3. The fourth-order valence-corrected chi connectivity index (χ4v) is 5.41. The van der Waals surface area contributed by atoms with Crippen molar-refractivity contribution in [1.82, 2.24) is 14.9 Å². The average molecular weight is 602 g/mol. The number of hydrogen-bond acceptors (Lipinski definition) is 8. The Balaban J connectivity index is 1.39. The van der Waals surface area contributed by atoms with E-state index in [0.717, 1.165) is 26.7 Å². The van der Waals surface area contributed by atoms with Crippen molar-refractivity contribution in [3.8, 4) is 0 Å². The topological polar surface area (TPSA) is 138 Å². The number of carbonyl (C=O) groups excluding carboxylic acids is 3. The third-order valence-electron chi connectivity index (χ3n) is 5.00. The van der Waals surface area contributed by atoms with Crippen molar-refractivity contribution in [2.75, 3.05) is 16.6 Å². The maximum atomic E-state index is 12.7. The summed E-state index contributed by atoms with van der Waals surface area (Å²) in [6.07, 6.45) is 1.59. The summed E-state index contributed by atoms with van der Waals surface area (Å²) < 4.78 is 28.5. The van der Waals surface area contributed by atoms with Crippen LogP contribution in [0.2, 0.25) is 0 Å². The van der Waals surface area contributed by atoms with Gasteiger partial charge in [-0.1, -0.05) is 28.1 Å². The van der Waals surface area contributed by atoms with E-state index in [1.807, 2.05) is 12.1 Å². The van der Waals surface area contributed by atoms with Gasteiger partial charge in [-0.05, 0) is 79.7 Å². The van der Waals surface area contributed by atoms with Gasteiger partial charge in [0, 0.05) is 21.5 Å². The number of nitrogens with one attached hydrogen (secondary N) is 2. The fraction of sp³-hybridized carbons (Fsp3) is 0.125. The third-order valence-corrected chi connectivity index (χ3v) is 7.78. The highest BCUT2D eigenvalue weighted by Gasteiger charge is 2.36. The molecule has 0 radical (unpaired) electrons. The van der Waals surface area contributed by atoms with E-state index in [9.17, 15) is 22.8 Å². The van der Waals surface area contributed by atoms with Gasteiger partial charge in [-0.2, -0.15) is 0 Å². The first-order valence-corrected chi connectivity index (χ1v) is 13.9. The van der Waals surface area contributed by atoms with Crippen LogP contribution in [0.15, 0.2) is 68.9 Å². The van der Waals surface area contributed by atoms with Crippen molar-refractivity contribution in [3.05, 3.63) is 80.9 Å². The van der Waals surface area contributed by atoms with Gasteiger partial charge < -0.3 is 5.32 Å². The van der Waals surface area contributed by atoms with Gasteiger partial charge in [0.25, 0.3) is 21.2 Å². The number of rotatable bonds is 7. The second-order valence-electron chi connectivity index (χ2n) is 7.97. The smallest absolute Gasteiger partial charge is 0.294 e. The Bertz CT molecular complexity index is 1500. The fourth-order valence-electron chi connectivity index (χ4n) is 3.36. The first kappa shape index (κ1) is 26.5. The van der Waals surface area contributed by atoms with E-state index < -0.39 is 33.6 Å². The van der Waals surface area contributed by atoms with Gasteiger partial charge in [-0.3, -0.25) is 19.3 Å². The van der Waals surface area contributed by atoms with E-state index in [1.165, 1.54) is 24.3 Å². The molecule has 190 valence electrons. The van der Waals surface area contributed by atoms with E-state index >= 15 is 0 Å². The molecule has 10 nitrogen and oxygen atoms in total. The van der Waals surface area contributed by atoms with Crippen LogP contribution in [0.25, 0.3) is 6.08 Å². The highest BCUT2D eigenvalue weighted by Crippen LogP contribution is 2.32. The van der Waals surface area contributed by atoms with Gasteiger partial charge in [0.2, 0.25) is 11.9 Å². The molecule has 2 aromatic carbocycles. The number of imide groups is 1. The zero-order valence-electron chi connectivity index (χ0n) is 19.6. The first-order valence-electron chi connectivity index (χ1n) is 10.8. The summed E-state index contributed by atoms with van der Waals surface area (Å²) in [6.45, 7) is 2.98. The Morgan fingerprint density at radius 1 is 1.03 bits per heavy atom. The highest BCUT2D eigenvalue weighted by atomic mass is 79.9. The lowest BCUT2D eigenvalue weighted by atomic mass is 10.2. The first-order chi connectivity index (χ1) is 17.5. The standard InChI is InChI=1S/C24H20BrN5O5S2/c1-14-11-15(2)27-23(26-14)29-37(34,35)19-9-7-18(8-10-19)28-21(31)13-30-22(32)20(36-24(30)33)12-16-3-5-17(25)6-4-16/h3-12H,13H2,1-2H3,(H,28,31)(H,26,27,29). The predicted octanol–water partition coefficient (Wildman–Crippen LogP) is 4.33. The van der Waals surface area contributed by atoms with Gasteiger partial charge in [0.1, 0.15) is 6.54 Å². The van der Waals surface area contributed by atoms with E-state index in [4.69, 9.17) is 0 Å². The molecule has 2 N–H and O–H groups in total. The molecule has 4 rings (SSSR count). The summed E-state index contributed by atoms with van der Waals surface area (Å²) in [5.41, 5.74) is 2.27. The van der Waals surface area contributed by atoms with Gasteiger partial charge in [-0.15, -0.1) is 0 Å². The predicted molar refractivity (Wildman–Crippen MR) is 144 cm³/mol. The second kappa shape index (κ2) is 10.8.